The molecule has 6 nitrogen and oxygen atoms in total. The first-order valence-corrected chi connectivity index (χ1v) is 7.41. The molecule has 2 heterocycles. The molecule has 1 fully saturated rings. The second-order valence-corrected chi connectivity index (χ2v) is 5.48. The van der Waals surface area contributed by atoms with Gasteiger partial charge in [0, 0.05) is 6.42 Å². The van der Waals surface area contributed by atoms with Gasteiger partial charge in [0.1, 0.15) is 6.61 Å². The molecule has 2 aromatic rings. The quantitative estimate of drug-likeness (QED) is 0.548. The zero-order valence-electron chi connectivity index (χ0n) is 12.2. The van der Waals surface area contributed by atoms with Crippen molar-refractivity contribution in [1.82, 2.24) is 0 Å². The lowest BCUT2D eigenvalue weighted by atomic mass is 10.1. The summed E-state index contributed by atoms with van der Waals surface area (Å²) in [5.74, 6) is -0.670. The summed E-state index contributed by atoms with van der Waals surface area (Å²) in [6.45, 7) is -0.238. The van der Waals surface area contributed by atoms with Gasteiger partial charge in [-0.15, -0.1) is 0 Å². The number of fused-ring (bicyclic) bond motifs is 4. The van der Waals surface area contributed by atoms with E-state index in [1.54, 1.807) is 12.1 Å². The van der Waals surface area contributed by atoms with Gasteiger partial charge in [0.05, 0.1) is 0 Å². The van der Waals surface area contributed by atoms with Gasteiger partial charge in [0.25, 0.3) is 0 Å². The van der Waals surface area contributed by atoms with Gasteiger partial charge in [0.15, 0.2) is 23.9 Å². The average Bonchev–Trinajstić information content (AvgIpc) is 3.01. The molecule has 23 heavy (non-hydrogen) atoms. The first kappa shape index (κ1) is 14.2. The Morgan fingerprint density at radius 2 is 1.61 bits per heavy atom. The molecule has 118 valence electrons. The van der Waals surface area contributed by atoms with Crippen LogP contribution in [0.3, 0.4) is 0 Å². The van der Waals surface area contributed by atoms with Crippen LogP contribution in [-0.4, -0.2) is 30.9 Å². The van der Waals surface area contributed by atoms with Crippen LogP contribution in [0.15, 0.2) is 36.4 Å². The van der Waals surface area contributed by atoms with Crippen molar-refractivity contribution in [2.24, 2.45) is 0 Å². The van der Waals surface area contributed by atoms with E-state index in [1.807, 2.05) is 24.3 Å². The minimum absolute atomic E-state index is 0.198. The molecule has 2 bridgehead atoms. The van der Waals surface area contributed by atoms with Crippen LogP contribution in [-0.2, 0) is 19.1 Å². The Kier molecular flexibility index (Phi) is 3.48. The number of carbonyl (C=O) groups is 2. The highest BCUT2D eigenvalue weighted by molar-refractivity contribution is 5.89. The molecule has 0 N–H and O–H groups in total. The topological polar surface area (TPSA) is 71.1 Å². The Morgan fingerprint density at radius 1 is 0.913 bits per heavy atom. The van der Waals surface area contributed by atoms with Crippen LogP contribution in [0.4, 0.5) is 0 Å². The SMILES string of the molecule is O=C1COC2CCC(O2)C(=O)Oc2cc3ccccc3cc2O1. The first-order valence-electron chi connectivity index (χ1n) is 7.41. The second kappa shape index (κ2) is 5.64. The molecular weight excluding hydrogens is 300 g/mol. The third-order valence-electron chi connectivity index (χ3n) is 3.88. The van der Waals surface area contributed by atoms with Crippen molar-refractivity contribution >= 4 is 22.7 Å². The van der Waals surface area contributed by atoms with E-state index in [0.717, 1.165) is 10.8 Å². The molecule has 0 saturated carbocycles. The van der Waals surface area contributed by atoms with Crippen LogP contribution >= 0.6 is 0 Å². The smallest absolute Gasteiger partial charge is 0.340 e. The Hall–Kier alpha value is -2.44. The van der Waals surface area contributed by atoms with Crippen molar-refractivity contribution < 1.29 is 28.5 Å². The second-order valence-electron chi connectivity index (χ2n) is 5.48. The molecule has 0 spiro atoms. The van der Waals surface area contributed by atoms with Gasteiger partial charge in [-0.2, -0.15) is 0 Å². The minimum Gasteiger partial charge on any atom is -0.421 e. The van der Waals surface area contributed by atoms with E-state index in [2.05, 4.69) is 0 Å². The van der Waals surface area contributed by atoms with Gasteiger partial charge in [0.2, 0.25) is 0 Å². The number of hydrogen-bond acceptors (Lipinski definition) is 6. The molecule has 2 unspecified atom stereocenters. The number of ether oxygens (including phenoxy) is 4. The Labute approximate surface area is 131 Å². The van der Waals surface area contributed by atoms with Crippen LogP contribution in [0.5, 0.6) is 11.5 Å². The van der Waals surface area contributed by atoms with Crippen molar-refractivity contribution in [3.05, 3.63) is 36.4 Å². The van der Waals surface area contributed by atoms with Gasteiger partial charge >= 0.3 is 11.9 Å². The number of benzene rings is 2. The van der Waals surface area contributed by atoms with E-state index < -0.39 is 24.3 Å². The van der Waals surface area contributed by atoms with Crippen molar-refractivity contribution in [2.45, 2.75) is 25.2 Å². The van der Waals surface area contributed by atoms with E-state index in [0.29, 0.717) is 12.8 Å². The number of esters is 2. The van der Waals surface area contributed by atoms with Gasteiger partial charge in [-0.05, 0) is 29.3 Å². The molecule has 2 aliphatic rings. The van der Waals surface area contributed by atoms with Gasteiger partial charge in [-0.25, -0.2) is 9.59 Å². The first-order chi connectivity index (χ1) is 11.2. The van der Waals surface area contributed by atoms with Crippen molar-refractivity contribution in [2.75, 3.05) is 6.61 Å². The van der Waals surface area contributed by atoms with Gasteiger partial charge in [-0.1, -0.05) is 24.3 Å². The molecule has 0 aliphatic carbocycles. The lowest BCUT2D eigenvalue weighted by Gasteiger charge is -2.13. The largest absolute Gasteiger partial charge is 0.421 e. The average molecular weight is 314 g/mol. The highest BCUT2D eigenvalue weighted by atomic mass is 16.7. The fourth-order valence-electron chi connectivity index (χ4n) is 2.75. The molecule has 4 rings (SSSR count). The monoisotopic (exact) mass is 314 g/mol. The Bertz CT molecular complexity index is 784. The van der Waals surface area contributed by atoms with Gasteiger partial charge < -0.3 is 18.9 Å². The molecule has 0 amide bonds. The molecule has 1 saturated heterocycles. The number of rotatable bonds is 0. The van der Waals surface area contributed by atoms with Crippen molar-refractivity contribution in [3.63, 3.8) is 0 Å². The summed E-state index contributed by atoms with van der Waals surface area (Å²) in [6.07, 6.45) is -0.230. The lowest BCUT2D eigenvalue weighted by Crippen LogP contribution is -2.27. The maximum Gasteiger partial charge on any atom is 0.340 e. The fourth-order valence-corrected chi connectivity index (χ4v) is 2.75. The number of hydrogen-bond donors (Lipinski definition) is 0. The van der Waals surface area contributed by atoms with Crippen LogP contribution in [0.2, 0.25) is 0 Å². The van der Waals surface area contributed by atoms with E-state index in [-0.39, 0.29) is 18.1 Å². The zero-order chi connectivity index (χ0) is 15.8. The summed E-state index contributed by atoms with van der Waals surface area (Å²) in [5.41, 5.74) is 0. The summed E-state index contributed by atoms with van der Waals surface area (Å²) in [6, 6.07) is 10.9. The van der Waals surface area contributed by atoms with E-state index in [9.17, 15) is 9.59 Å². The fraction of sp³-hybridized carbons (Fsp3) is 0.294. The maximum atomic E-state index is 12.2. The van der Waals surface area contributed by atoms with Gasteiger partial charge in [-0.3, -0.25) is 0 Å². The maximum absolute atomic E-state index is 12.2. The van der Waals surface area contributed by atoms with Crippen molar-refractivity contribution in [3.8, 4) is 11.5 Å². The summed E-state index contributed by atoms with van der Waals surface area (Å²) in [4.78, 5) is 24.2. The van der Waals surface area contributed by atoms with Crippen molar-refractivity contribution in [1.29, 1.82) is 0 Å². The molecule has 2 aromatic carbocycles. The molecular formula is C17H14O6. The predicted octanol–water partition coefficient (Wildman–Crippen LogP) is 2.19. The third kappa shape index (κ3) is 2.78. The molecule has 2 atom stereocenters. The summed E-state index contributed by atoms with van der Waals surface area (Å²) in [7, 11) is 0. The van der Waals surface area contributed by atoms with E-state index >= 15 is 0 Å². The number of carbonyl (C=O) groups excluding carboxylic acids is 2. The molecule has 6 heteroatoms. The standard InChI is InChI=1S/C17H14O6/c18-15-9-20-16-6-5-12(22-16)17(19)23-14-8-11-4-2-1-3-10(11)7-13(14)21-15/h1-4,7-8,12,16H,5-6,9H2. The Balaban J connectivity index is 1.77. The summed E-state index contributed by atoms with van der Waals surface area (Å²) >= 11 is 0. The van der Waals surface area contributed by atoms with E-state index in [4.69, 9.17) is 18.9 Å². The van der Waals surface area contributed by atoms with Crippen LogP contribution < -0.4 is 9.47 Å². The highest BCUT2D eigenvalue weighted by Gasteiger charge is 2.34. The van der Waals surface area contributed by atoms with Crippen LogP contribution in [0.1, 0.15) is 12.8 Å². The normalized spacial score (nSPS) is 24.5. The molecule has 0 aromatic heterocycles. The lowest BCUT2D eigenvalue weighted by molar-refractivity contribution is -0.171. The van der Waals surface area contributed by atoms with E-state index in [1.165, 1.54) is 0 Å². The minimum atomic E-state index is -0.687. The van der Waals surface area contributed by atoms with Crippen LogP contribution in [0, 0.1) is 0 Å². The Morgan fingerprint density at radius 3 is 2.35 bits per heavy atom. The van der Waals surface area contributed by atoms with Crippen LogP contribution in [0.25, 0.3) is 10.8 Å². The highest BCUT2D eigenvalue weighted by Crippen LogP contribution is 2.34. The summed E-state index contributed by atoms with van der Waals surface area (Å²) in [5, 5.41) is 1.76. The predicted molar refractivity (Wildman–Crippen MR) is 79.1 cm³/mol. The molecule has 2 aliphatic heterocycles. The third-order valence-corrected chi connectivity index (χ3v) is 3.88. The zero-order valence-corrected chi connectivity index (χ0v) is 12.2. The summed E-state index contributed by atoms with van der Waals surface area (Å²) < 4.78 is 21.5. The molecule has 0 radical (unpaired) electrons.